The molecule has 0 atom stereocenters. The maximum Gasteiger partial charge on any atom is 0.325 e. The van der Waals surface area contributed by atoms with Crippen LogP contribution >= 0.6 is 7.60 Å². The van der Waals surface area contributed by atoms with Crippen molar-refractivity contribution in [3.63, 3.8) is 0 Å². The van der Waals surface area contributed by atoms with E-state index in [4.69, 9.17) is 12.5 Å². The van der Waals surface area contributed by atoms with Crippen molar-refractivity contribution in [1.29, 1.82) is 0 Å². The van der Waals surface area contributed by atoms with Gasteiger partial charge in [0.1, 0.15) is 5.82 Å². The number of unbranched alkanes of at least 4 members (excludes halogenated alkanes) is 3. The molecule has 3 N–H and O–H groups in total. The van der Waals surface area contributed by atoms with E-state index in [1.807, 2.05) is 12.1 Å². The van der Waals surface area contributed by atoms with Crippen LogP contribution in [0.25, 0.3) is 0 Å². The molecule has 6 heteroatoms. The van der Waals surface area contributed by atoms with Crippen LogP contribution in [0.4, 0.5) is 4.39 Å². The fourth-order valence-corrected chi connectivity index (χ4v) is 3.47. The zero-order valence-electron chi connectivity index (χ0n) is 18.1. The van der Waals surface area contributed by atoms with Crippen LogP contribution in [0.3, 0.4) is 0 Å². The second-order valence-electron chi connectivity index (χ2n) is 6.95. The van der Waals surface area contributed by atoms with Gasteiger partial charge in [0.05, 0.1) is 6.11 Å². The van der Waals surface area contributed by atoms with Gasteiger partial charge in [-0.3, -0.25) is 4.57 Å². The first-order chi connectivity index (χ1) is 14.2. The molecule has 4 nitrogen and oxygen atoms in total. The van der Waals surface area contributed by atoms with Crippen molar-refractivity contribution in [3.05, 3.63) is 71.0 Å². The molecule has 0 saturated heterocycles. The largest absolute Gasteiger partial charge is 0.325 e. The van der Waals surface area contributed by atoms with Gasteiger partial charge in [0, 0.05) is 9.29 Å². The quantitative estimate of drug-likeness (QED) is 0.327. The summed E-state index contributed by atoms with van der Waals surface area (Å²) in [5, 5.41) is 2.91. The van der Waals surface area contributed by atoms with Gasteiger partial charge in [0.15, 0.2) is 0 Å². The fourth-order valence-electron chi connectivity index (χ4n) is 3.07. The van der Waals surface area contributed by atoms with Crippen molar-refractivity contribution in [2.45, 2.75) is 51.5 Å². The van der Waals surface area contributed by atoms with Gasteiger partial charge in [-0.1, -0.05) is 55.3 Å². The molecular weight excluding hydrogens is 376 g/mol. The zero-order valence-corrected chi connectivity index (χ0v) is 17.0. The summed E-state index contributed by atoms with van der Waals surface area (Å²) in [4.78, 5) is 17.9. The van der Waals surface area contributed by atoms with Crippen molar-refractivity contribution in [2.75, 3.05) is 12.7 Å². The first kappa shape index (κ1) is 19.8. The van der Waals surface area contributed by atoms with Crippen molar-refractivity contribution in [2.24, 2.45) is 0 Å². The normalized spacial score (nSPS) is 13.2. The van der Waals surface area contributed by atoms with E-state index in [1.165, 1.54) is 11.6 Å². The van der Waals surface area contributed by atoms with E-state index in [-0.39, 0.29) is 18.8 Å². The summed E-state index contributed by atoms with van der Waals surface area (Å²) in [7, 11) is -4.80. The van der Waals surface area contributed by atoms with E-state index in [2.05, 4.69) is 29.6 Å². The van der Waals surface area contributed by atoms with Gasteiger partial charge in [-0.2, -0.15) is 0 Å². The lowest BCUT2D eigenvalue weighted by Gasteiger charge is -2.08. The van der Waals surface area contributed by atoms with Crippen LogP contribution in [0.5, 0.6) is 0 Å². The van der Waals surface area contributed by atoms with E-state index in [9.17, 15) is 8.96 Å². The number of hydrogen-bond acceptors (Lipinski definition) is 2. The van der Waals surface area contributed by atoms with E-state index in [0.717, 1.165) is 37.7 Å². The molecule has 28 heavy (non-hydrogen) atoms. The summed E-state index contributed by atoms with van der Waals surface area (Å²) in [5.74, 6) is -0.246. The number of nitrogens with one attached hydrogen (secondary N) is 1. The second kappa shape index (κ2) is 12.1. The Balaban J connectivity index is 1.65. The van der Waals surface area contributed by atoms with Crippen LogP contribution in [0, 0.1) is 5.82 Å². The van der Waals surface area contributed by atoms with E-state index < -0.39 is 13.7 Å². The lowest BCUT2D eigenvalue weighted by atomic mass is 10.0. The van der Waals surface area contributed by atoms with Gasteiger partial charge in [0.2, 0.25) is 0 Å². The van der Waals surface area contributed by atoms with E-state index >= 15 is 0 Å². The highest BCUT2D eigenvalue weighted by Gasteiger charge is 2.11. The molecule has 0 unspecified atom stereocenters. The average Bonchev–Trinajstić information content (AvgIpc) is 2.69. The van der Waals surface area contributed by atoms with Crippen LogP contribution < -0.4 is 5.32 Å². The third-order valence-corrected chi connectivity index (χ3v) is 5.21. The predicted octanol–water partition coefficient (Wildman–Crippen LogP) is 4.83. The summed E-state index contributed by atoms with van der Waals surface area (Å²) in [5.41, 5.74) is 2.76. The molecule has 0 aliphatic heterocycles. The molecule has 0 aromatic heterocycles. The molecule has 0 amide bonds. The monoisotopic (exact) mass is 409 g/mol. The highest BCUT2D eigenvalue weighted by Crippen LogP contribution is 2.34. The SMILES string of the molecule is [2H]C([2H])(CCNCc1ccc(CCCCCCc2ccccc2)c(F)c1)P(=O)(O)O. The minimum absolute atomic E-state index is 0.0878. The Morgan fingerprint density at radius 3 is 2.32 bits per heavy atom. The molecule has 2 aromatic rings. The number of hydrogen-bond donors (Lipinski definition) is 3. The molecule has 154 valence electrons. The van der Waals surface area contributed by atoms with Crippen LogP contribution in [0.2, 0.25) is 0 Å². The number of rotatable bonds is 13. The summed E-state index contributed by atoms with van der Waals surface area (Å²) in [6.07, 6.45) is 3.17. The Morgan fingerprint density at radius 2 is 1.64 bits per heavy atom. The Morgan fingerprint density at radius 1 is 0.929 bits per heavy atom. The van der Waals surface area contributed by atoms with Crippen LogP contribution in [0.15, 0.2) is 48.5 Å². The maximum absolute atomic E-state index is 14.3. The molecule has 0 spiro atoms. The van der Waals surface area contributed by atoms with Gasteiger partial charge in [-0.15, -0.1) is 0 Å². The van der Waals surface area contributed by atoms with Crippen molar-refractivity contribution < 1.29 is 21.5 Å². The summed E-state index contributed by atoms with van der Waals surface area (Å²) in [6.45, 7) is 0.401. The Kier molecular flexibility index (Phi) is 8.57. The molecule has 0 aliphatic carbocycles. The highest BCUT2D eigenvalue weighted by molar-refractivity contribution is 7.51. The van der Waals surface area contributed by atoms with Crippen molar-refractivity contribution in [3.8, 4) is 0 Å². The lowest BCUT2D eigenvalue weighted by molar-refractivity contribution is 0.371. The van der Waals surface area contributed by atoms with Gasteiger partial charge in [-0.25, -0.2) is 4.39 Å². The molecular formula is C22H31FNO3P. The van der Waals surface area contributed by atoms with Crippen LogP contribution in [0.1, 0.15) is 51.5 Å². The van der Waals surface area contributed by atoms with E-state index in [1.54, 1.807) is 6.07 Å². The Hall–Kier alpha value is -1.52. The molecule has 0 fully saturated rings. The minimum Gasteiger partial charge on any atom is -0.324 e. The van der Waals surface area contributed by atoms with Gasteiger partial charge in [-0.05, 0) is 61.4 Å². The first-order valence-corrected chi connectivity index (χ1v) is 11.4. The highest BCUT2D eigenvalue weighted by atomic mass is 31.2. The Labute approximate surface area is 170 Å². The standard InChI is InChI=1S/C22H31FNO3P/c23-22-17-20(18-24-15-8-16-28(25,26)27)13-14-21(22)12-7-2-1-4-9-19-10-5-3-6-11-19/h3,5-6,10-11,13-14,17,24H,1-2,4,7-9,12,15-16,18H2,(H2,25,26,27)/i16D2. The lowest BCUT2D eigenvalue weighted by Crippen LogP contribution is -2.16. The molecule has 0 heterocycles. The van der Waals surface area contributed by atoms with E-state index in [0.29, 0.717) is 18.5 Å². The summed E-state index contributed by atoms with van der Waals surface area (Å²) < 4.78 is 40.1. The first-order valence-electron chi connectivity index (χ1n) is 10.8. The van der Waals surface area contributed by atoms with Gasteiger partial charge >= 0.3 is 7.60 Å². The zero-order chi connectivity index (χ0) is 22.0. The van der Waals surface area contributed by atoms with Gasteiger partial charge < -0.3 is 15.1 Å². The number of aryl methyl sites for hydroxylation is 2. The smallest absolute Gasteiger partial charge is 0.324 e. The van der Waals surface area contributed by atoms with Crippen LogP contribution in [-0.4, -0.2) is 22.4 Å². The molecule has 0 aliphatic rings. The number of benzene rings is 2. The third kappa shape index (κ3) is 9.61. The van der Waals surface area contributed by atoms with Crippen LogP contribution in [-0.2, 0) is 24.0 Å². The maximum atomic E-state index is 14.3. The summed E-state index contributed by atoms with van der Waals surface area (Å²) in [6, 6.07) is 15.5. The predicted molar refractivity (Wildman–Crippen MR) is 112 cm³/mol. The molecule has 2 rings (SSSR count). The van der Waals surface area contributed by atoms with Crippen molar-refractivity contribution >= 4 is 7.60 Å². The van der Waals surface area contributed by atoms with Crippen molar-refractivity contribution in [1.82, 2.24) is 5.32 Å². The second-order valence-corrected chi connectivity index (χ2v) is 8.36. The summed E-state index contributed by atoms with van der Waals surface area (Å²) >= 11 is 0. The number of halogens is 1. The molecule has 0 saturated carbocycles. The third-order valence-electron chi connectivity index (χ3n) is 4.57. The fraction of sp³-hybridized carbons (Fsp3) is 0.455. The molecule has 0 bridgehead atoms. The topological polar surface area (TPSA) is 69.6 Å². The molecule has 2 aromatic carbocycles. The average molecular weight is 409 g/mol. The molecule has 0 radical (unpaired) electrons. The Bertz CT molecular complexity index is 830. The van der Waals surface area contributed by atoms with Gasteiger partial charge in [0.25, 0.3) is 0 Å². The minimum atomic E-state index is -4.80.